The Labute approximate surface area is 104 Å². The number of methoxy groups -OCH3 is 1. The molecule has 1 rings (SSSR count). The maximum absolute atomic E-state index is 11.3. The van der Waals surface area contributed by atoms with Crippen molar-refractivity contribution in [2.45, 2.75) is 6.04 Å². The second kappa shape index (κ2) is 7.10. The lowest BCUT2D eigenvalue weighted by atomic mass is 10.1. The Morgan fingerprint density at radius 1 is 1.72 bits per heavy atom. The summed E-state index contributed by atoms with van der Waals surface area (Å²) in [7, 11) is 1.51. The number of nitrogens with one attached hydrogen (secondary N) is 1. The maximum atomic E-state index is 11.3. The second-order valence-corrected chi connectivity index (χ2v) is 3.38. The largest absolute Gasteiger partial charge is 0.481 e. The Morgan fingerprint density at radius 2 is 2.50 bits per heavy atom. The van der Waals surface area contributed by atoms with Crippen molar-refractivity contribution in [3.8, 4) is 5.88 Å². The van der Waals surface area contributed by atoms with E-state index in [4.69, 9.17) is 16.0 Å². The van der Waals surface area contributed by atoms with Crippen LogP contribution in [-0.4, -0.2) is 31.1 Å². The third kappa shape index (κ3) is 3.93. The van der Waals surface area contributed by atoms with Gasteiger partial charge >= 0.3 is 0 Å². The Hall–Kier alpha value is -2.31. The summed E-state index contributed by atoms with van der Waals surface area (Å²) in [6.45, 7) is 0.591. The molecule has 96 valence electrons. The zero-order valence-electron chi connectivity index (χ0n) is 9.91. The van der Waals surface area contributed by atoms with Crippen LogP contribution in [0.15, 0.2) is 23.4 Å². The summed E-state index contributed by atoms with van der Waals surface area (Å²) < 4.78 is 4.92. The molecular weight excluding hydrogens is 236 g/mol. The molecule has 0 aromatic carbocycles. The monoisotopic (exact) mass is 250 g/mol. The Balaban J connectivity index is 2.70. The molecule has 8 nitrogen and oxygen atoms in total. The van der Waals surface area contributed by atoms with E-state index in [2.05, 4.69) is 20.3 Å². The SMILES string of the molecule is COc1ccc(C(NCCN=[N+]=[N-])C(N)=O)cn1. The van der Waals surface area contributed by atoms with E-state index in [1.165, 1.54) is 13.3 Å². The van der Waals surface area contributed by atoms with Gasteiger partial charge in [0.2, 0.25) is 11.8 Å². The van der Waals surface area contributed by atoms with Gasteiger partial charge in [-0.3, -0.25) is 4.79 Å². The lowest BCUT2D eigenvalue weighted by Gasteiger charge is -2.14. The van der Waals surface area contributed by atoms with Gasteiger partial charge in [-0.15, -0.1) is 0 Å². The van der Waals surface area contributed by atoms with Gasteiger partial charge in [0.1, 0.15) is 6.04 Å². The number of hydrogen-bond acceptors (Lipinski definition) is 5. The van der Waals surface area contributed by atoms with Crippen LogP contribution in [0.1, 0.15) is 11.6 Å². The fourth-order valence-corrected chi connectivity index (χ4v) is 1.37. The summed E-state index contributed by atoms with van der Waals surface area (Å²) in [6.07, 6.45) is 1.51. The van der Waals surface area contributed by atoms with Gasteiger partial charge < -0.3 is 15.8 Å². The molecule has 3 N–H and O–H groups in total. The van der Waals surface area contributed by atoms with Crippen LogP contribution in [0, 0.1) is 0 Å². The number of ether oxygens (including phenoxy) is 1. The van der Waals surface area contributed by atoms with E-state index in [0.717, 1.165) is 0 Å². The van der Waals surface area contributed by atoms with Crippen molar-refractivity contribution in [2.75, 3.05) is 20.2 Å². The minimum Gasteiger partial charge on any atom is -0.481 e. The number of nitrogens with zero attached hydrogens (tertiary/aromatic N) is 4. The summed E-state index contributed by atoms with van der Waals surface area (Å²) in [5.74, 6) is -0.0704. The number of pyridine rings is 1. The van der Waals surface area contributed by atoms with Crippen LogP contribution in [0.5, 0.6) is 5.88 Å². The minimum absolute atomic E-state index is 0.240. The van der Waals surface area contributed by atoms with Gasteiger partial charge in [0.05, 0.1) is 7.11 Å². The second-order valence-electron chi connectivity index (χ2n) is 3.38. The molecule has 0 spiro atoms. The molecular formula is C10H14N6O2. The van der Waals surface area contributed by atoms with Crippen molar-refractivity contribution in [2.24, 2.45) is 10.8 Å². The van der Waals surface area contributed by atoms with Crippen LogP contribution < -0.4 is 15.8 Å². The molecule has 0 fully saturated rings. The number of hydrogen-bond donors (Lipinski definition) is 2. The topological polar surface area (TPSA) is 126 Å². The summed E-state index contributed by atoms with van der Waals surface area (Å²) in [6, 6.07) is 2.67. The van der Waals surface area contributed by atoms with Crippen molar-refractivity contribution in [3.63, 3.8) is 0 Å². The molecule has 0 saturated carbocycles. The lowest BCUT2D eigenvalue weighted by Crippen LogP contribution is -2.35. The Morgan fingerprint density at radius 3 is 3.00 bits per heavy atom. The first kappa shape index (κ1) is 13.8. The first-order valence-corrected chi connectivity index (χ1v) is 5.22. The standard InChI is InChI=1S/C10H14N6O2/c1-18-8-3-2-7(6-14-8)9(10(11)17)13-4-5-15-16-12/h2-3,6,9,13H,4-5H2,1H3,(H2,11,17). The van der Waals surface area contributed by atoms with Crippen molar-refractivity contribution < 1.29 is 9.53 Å². The Bertz CT molecular complexity index is 440. The number of aromatic nitrogens is 1. The molecule has 1 aromatic heterocycles. The molecule has 1 heterocycles. The summed E-state index contributed by atoms with van der Waals surface area (Å²) in [5.41, 5.74) is 14.0. The van der Waals surface area contributed by atoms with Gasteiger partial charge in [-0.05, 0) is 11.1 Å². The van der Waals surface area contributed by atoms with Gasteiger partial charge in [0.25, 0.3) is 0 Å². The number of carbonyl (C=O) groups is 1. The van der Waals surface area contributed by atoms with Crippen LogP contribution in [0.3, 0.4) is 0 Å². The molecule has 1 aromatic rings. The molecule has 0 bridgehead atoms. The van der Waals surface area contributed by atoms with Gasteiger partial charge in [-0.25, -0.2) is 4.98 Å². The van der Waals surface area contributed by atoms with Crippen molar-refractivity contribution >= 4 is 5.91 Å². The molecule has 1 amide bonds. The van der Waals surface area contributed by atoms with Crippen LogP contribution in [0.4, 0.5) is 0 Å². The van der Waals surface area contributed by atoms with Crippen LogP contribution in [-0.2, 0) is 4.79 Å². The van der Waals surface area contributed by atoms with Crippen LogP contribution >= 0.6 is 0 Å². The van der Waals surface area contributed by atoms with Crippen molar-refractivity contribution in [1.82, 2.24) is 10.3 Å². The quantitative estimate of drug-likeness (QED) is 0.316. The van der Waals surface area contributed by atoms with E-state index in [0.29, 0.717) is 18.0 Å². The number of amides is 1. The summed E-state index contributed by atoms with van der Waals surface area (Å²) >= 11 is 0. The summed E-state index contributed by atoms with van der Waals surface area (Å²) in [5, 5.41) is 6.24. The van der Waals surface area contributed by atoms with E-state index in [9.17, 15) is 4.79 Å². The van der Waals surface area contributed by atoms with Crippen molar-refractivity contribution in [3.05, 3.63) is 34.3 Å². The number of carbonyl (C=O) groups excluding carboxylic acids is 1. The highest BCUT2D eigenvalue weighted by Gasteiger charge is 2.17. The third-order valence-corrected chi connectivity index (χ3v) is 2.21. The average molecular weight is 250 g/mol. The molecule has 18 heavy (non-hydrogen) atoms. The third-order valence-electron chi connectivity index (χ3n) is 2.21. The molecule has 0 aliphatic heterocycles. The smallest absolute Gasteiger partial charge is 0.239 e. The van der Waals surface area contributed by atoms with Crippen molar-refractivity contribution in [1.29, 1.82) is 0 Å². The average Bonchev–Trinajstić information content (AvgIpc) is 2.39. The predicted molar refractivity (Wildman–Crippen MR) is 64.7 cm³/mol. The van der Waals surface area contributed by atoms with E-state index in [1.807, 2.05) is 0 Å². The molecule has 0 radical (unpaired) electrons. The number of nitrogens with two attached hydrogens (primary N) is 1. The zero-order chi connectivity index (χ0) is 13.4. The minimum atomic E-state index is -0.669. The Kier molecular flexibility index (Phi) is 5.43. The predicted octanol–water partition coefficient (Wildman–Crippen LogP) is 0.516. The van der Waals surface area contributed by atoms with E-state index in [-0.39, 0.29) is 6.54 Å². The molecule has 1 atom stereocenters. The fourth-order valence-electron chi connectivity index (χ4n) is 1.37. The summed E-state index contributed by atoms with van der Waals surface area (Å²) in [4.78, 5) is 17.9. The van der Waals surface area contributed by atoms with E-state index >= 15 is 0 Å². The van der Waals surface area contributed by atoms with Gasteiger partial charge in [-0.2, -0.15) is 0 Å². The first-order chi connectivity index (χ1) is 8.69. The highest BCUT2D eigenvalue weighted by atomic mass is 16.5. The number of rotatable bonds is 7. The van der Waals surface area contributed by atoms with E-state index in [1.54, 1.807) is 12.1 Å². The molecule has 0 saturated heterocycles. The number of azide groups is 1. The highest BCUT2D eigenvalue weighted by molar-refractivity contribution is 5.81. The zero-order valence-corrected chi connectivity index (χ0v) is 9.91. The van der Waals surface area contributed by atoms with E-state index < -0.39 is 11.9 Å². The molecule has 8 heteroatoms. The number of primary amides is 1. The maximum Gasteiger partial charge on any atom is 0.239 e. The van der Waals surface area contributed by atoms with Gasteiger partial charge in [-0.1, -0.05) is 11.2 Å². The van der Waals surface area contributed by atoms with Gasteiger partial charge in [0.15, 0.2) is 0 Å². The molecule has 1 unspecified atom stereocenters. The van der Waals surface area contributed by atoms with Crippen LogP contribution in [0.25, 0.3) is 10.4 Å². The van der Waals surface area contributed by atoms with Crippen LogP contribution in [0.2, 0.25) is 0 Å². The van der Waals surface area contributed by atoms with Gasteiger partial charge in [0, 0.05) is 30.3 Å². The highest BCUT2D eigenvalue weighted by Crippen LogP contribution is 2.14. The fraction of sp³-hybridized carbons (Fsp3) is 0.400. The molecule has 0 aliphatic rings. The first-order valence-electron chi connectivity index (χ1n) is 5.22. The normalized spacial score (nSPS) is 11.4. The lowest BCUT2D eigenvalue weighted by molar-refractivity contribution is -0.120. The molecule has 0 aliphatic carbocycles.